The second-order valence-electron chi connectivity index (χ2n) is 5.64. The van der Waals surface area contributed by atoms with Crippen LogP contribution in [0.5, 0.6) is 0 Å². The molecule has 0 aromatic carbocycles. The molecule has 0 bridgehead atoms. The summed E-state index contributed by atoms with van der Waals surface area (Å²) in [5.74, 6) is 0.524. The smallest absolute Gasteiger partial charge is 0.168 e. The summed E-state index contributed by atoms with van der Waals surface area (Å²) in [6.07, 6.45) is -0.227. The number of aromatic nitrogens is 4. The van der Waals surface area contributed by atoms with Gasteiger partial charge in [0.05, 0.1) is 12.9 Å². The minimum atomic E-state index is -1.60. The Morgan fingerprint density at radius 2 is 2.22 bits per heavy atom. The van der Waals surface area contributed by atoms with E-state index >= 15 is 0 Å². The maximum Gasteiger partial charge on any atom is 0.168 e. The number of imidazole rings is 1. The van der Waals surface area contributed by atoms with Gasteiger partial charge >= 0.3 is 0 Å². The first-order valence-electron chi connectivity index (χ1n) is 7.29. The fourth-order valence-corrected chi connectivity index (χ4v) is 2.73. The number of anilines is 1. The van der Waals surface area contributed by atoms with Crippen LogP contribution in [0.3, 0.4) is 0 Å². The van der Waals surface area contributed by atoms with Gasteiger partial charge in [-0.1, -0.05) is 0 Å². The number of nitrogens with two attached hydrogens (primary N) is 1. The molecule has 1 aliphatic rings. The van der Waals surface area contributed by atoms with E-state index in [1.807, 2.05) is 0 Å². The Balaban J connectivity index is 2.01. The lowest BCUT2D eigenvalue weighted by Gasteiger charge is -2.27. The summed E-state index contributed by atoms with van der Waals surface area (Å²) < 4.78 is 7.10. The van der Waals surface area contributed by atoms with Gasteiger partial charge in [-0.05, 0) is 6.92 Å². The Morgan fingerprint density at radius 1 is 1.43 bits per heavy atom. The van der Waals surface area contributed by atoms with Crippen molar-refractivity contribution in [3.05, 3.63) is 12.7 Å². The van der Waals surface area contributed by atoms with E-state index in [4.69, 9.17) is 10.5 Å². The van der Waals surface area contributed by atoms with E-state index in [0.29, 0.717) is 30.1 Å². The number of hydrogen-bond donors (Lipinski definition) is 5. The second-order valence-corrected chi connectivity index (χ2v) is 5.64. The van der Waals surface area contributed by atoms with Crippen LogP contribution >= 0.6 is 0 Å². The molecule has 3 heterocycles. The van der Waals surface area contributed by atoms with Crippen molar-refractivity contribution in [3.63, 3.8) is 0 Å². The molecule has 4 atom stereocenters. The maximum atomic E-state index is 10.6. The van der Waals surface area contributed by atoms with Crippen molar-refractivity contribution < 1.29 is 20.1 Å². The van der Waals surface area contributed by atoms with Crippen LogP contribution in [-0.2, 0) is 4.74 Å². The summed E-state index contributed by atoms with van der Waals surface area (Å²) in [4.78, 5) is 12.6. The third-order valence-corrected chi connectivity index (χ3v) is 3.98. The van der Waals surface area contributed by atoms with Gasteiger partial charge < -0.3 is 31.1 Å². The molecule has 0 amide bonds. The average Bonchev–Trinajstić information content (AvgIpc) is 3.06. The van der Waals surface area contributed by atoms with Crippen molar-refractivity contribution in [2.75, 3.05) is 25.0 Å². The molecule has 6 N–H and O–H groups in total. The summed E-state index contributed by atoms with van der Waals surface area (Å²) in [5, 5.41) is 33.0. The molecule has 1 saturated heterocycles. The predicted molar refractivity (Wildman–Crippen MR) is 80.5 cm³/mol. The van der Waals surface area contributed by atoms with E-state index < -0.39 is 30.6 Å². The first-order valence-corrected chi connectivity index (χ1v) is 7.29. The molecule has 23 heavy (non-hydrogen) atoms. The number of nitrogens with zero attached hydrogens (tertiary/aromatic N) is 4. The molecule has 3 rings (SSSR count). The van der Waals surface area contributed by atoms with Crippen LogP contribution in [0, 0.1) is 0 Å². The molecule has 2 aromatic heterocycles. The predicted octanol–water partition coefficient (Wildman–Crippen LogP) is -1.80. The van der Waals surface area contributed by atoms with Crippen LogP contribution < -0.4 is 11.1 Å². The highest BCUT2D eigenvalue weighted by Gasteiger charge is 2.53. The molecule has 0 unspecified atom stereocenters. The van der Waals surface area contributed by atoms with Gasteiger partial charge in [-0.3, -0.25) is 4.57 Å². The minimum Gasteiger partial charge on any atom is -0.394 e. The van der Waals surface area contributed by atoms with E-state index in [1.54, 1.807) is 0 Å². The standard InChI is InChI=1S/C13H20N6O4/c1-13(22)9(21)7(4-20)23-12(13)19-6-18-8-10(15-3-2-14)16-5-17-11(8)19/h5-7,9,12,20-22H,2-4,14H2,1H3,(H,15,16,17)/t7-,9-,12-,13-/m1/s1. The van der Waals surface area contributed by atoms with E-state index in [2.05, 4.69) is 20.3 Å². The highest BCUT2D eigenvalue weighted by Crippen LogP contribution is 2.39. The molecule has 0 aliphatic carbocycles. The van der Waals surface area contributed by atoms with Crippen LogP contribution in [0.1, 0.15) is 13.2 Å². The highest BCUT2D eigenvalue weighted by atomic mass is 16.6. The zero-order valence-corrected chi connectivity index (χ0v) is 12.6. The number of rotatable bonds is 5. The minimum absolute atomic E-state index is 0.404. The Labute approximate surface area is 131 Å². The van der Waals surface area contributed by atoms with Crippen molar-refractivity contribution in [3.8, 4) is 0 Å². The monoisotopic (exact) mass is 324 g/mol. The zero-order valence-electron chi connectivity index (χ0n) is 12.6. The zero-order chi connectivity index (χ0) is 16.6. The van der Waals surface area contributed by atoms with E-state index in [1.165, 1.54) is 24.1 Å². The number of ether oxygens (including phenoxy) is 1. The number of aliphatic hydroxyl groups excluding tert-OH is 2. The Bertz CT molecular complexity index is 690. The largest absolute Gasteiger partial charge is 0.394 e. The first kappa shape index (κ1) is 16.0. The molecule has 10 heteroatoms. The molecule has 1 fully saturated rings. The van der Waals surface area contributed by atoms with Crippen LogP contribution in [0.15, 0.2) is 12.7 Å². The third-order valence-electron chi connectivity index (χ3n) is 3.98. The van der Waals surface area contributed by atoms with Gasteiger partial charge in [-0.15, -0.1) is 0 Å². The molecular formula is C13H20N6O4. The van der Waals surface area contributed by atoms with Crippen molar-refractivity contribution in [2.45, 2.75) is 31.0 Å². The van der Waals surface area contributed by atoms with Gasteiger partial charge in [0.1, 0.15) is 24.1 Å². The van der Waals surface area contributed by atoms with Gasteiger partial charge in [0.2, 0.25) is 0 Å². The third kappa shape index (κ3) is 2.54. The van der Waals surface area contributed by atoms with Gasteiger partial charge in [0.15, 0.2) is 23.2 Å². The van der Waals surface area contributed by atoms with Crippen LogP contribution in [0.4, 0.5) is 5.82 Å². The topological polar surface area (TPSA) is 152 Å². The lowest BCUT2D eigenvalue weighted by Crippen LogP contribution is -2.44. The fourth-order valence-electron chi connectivity index (χ4n) is 2.73. The lowest BCUT2D eigenvalue weighted by atomic mass is 9.96. The first-order chi connectivity index (χ1) is 11.0. The van der Waals surface area contributed by atoms with E-state index in [-0.39, 0.29) is 0 Å². The Morgan fingerprint density at radius 3 is 2.87 bits per heavy atom. The van der Waals surface area contributed by atoms with Crippen molar-refractivity contribution >= 4 is 17.0 Å². The summed E-state index contributed by atoms with van der Waals surface area (Å²) in [6.45, 7) is 2.01. The molecule has 126 valence electrons. The number of hydrogen-bond acceptors (Lipinski definition) is 9. The summed E-state index contributed by atoms with van der Waals surface area (Å²) in [6, 6.07) is 0. The molecule has 0 radical (unpaired) electrons. The molecule has 2 aromatic rings. The molecule has 10 nitrogen and oxygen atoms in total. The highest BCUT2D eigenvalue weighted by molar-refractivity contribution is 5.82. The van der Waals surface area contributed by atoms with E-state index in [9.17, 15) is 15.3 Å². The average molecular weight is 324 g/mol. The lowest BCUT2D eigenvalue weighted by molar-refractivity contribution is -0.0950. The van der Waals surface area contributed by atoms with Crippen LogP contribution in [0.2, 0.25) is 0 Å². The molecule has 0 spiro atoms. The second kappa shape index (κ2) is 5.98. The van der Waals surface area contributed by atoms with Crippen molar-refractivity contribution in [2.24, 2.45) is 5.73 Å². The number of aliphatic hydroxyl groups is 3. The van der Waals surface area contributed by atoms with Crippen molar-refractivity contribution in [1.29, 1.82) is 0 Å². The Hall–Kier alpha value is -1.85. The van der Waals surface area contributed by atoms with Gasteiger partial charge in [-0.2, -0.15) is 0 Å². The summed E-state index contributed by atoms with van der Waals surface area (Å²) in [5.41, 5.74) is 4.81. The van der Waals surface area contributed by atoms with Crippen LogP contribution in [0.25, 0.3) is 11.2 Å². The number of nitrogens with one attached hydrogen (secondary N) is 1. The van der Waals surface area contributed by atoms with Gasteiger partial charge in [-0.25, -0.2) is 15.0 Å². The molecule has 1 aliphatic heterocycles. The van der Waals surface area contributed by atoms with Gasteiger partial charge in [0.25, 0.3) is 0 Å². The SMILES string of the molecule is C[C@@]1(O)[C@H](O)[C@@H](CO)O[C@H]1n1cnc2c(NCCN)ncnc21. The van der Waals surface area contributed by atoms with Gasteiger partial charge in [0, 0.05) is 13.1 Å². The number of fused-ring (bicyclic) bond motifs is 1. The quantitative estimate of drug-likeness (QED) is 0.429. The molecular weight excluding hydrogens is 304 g/mol. The fraction of sp³-hybridized carbons (Fsp3) is 0.615. The Kier molecular flexibility index (Phi) is 4.17. The maximum absolute atomic E-state index is 10.6. The van der Waals surface area contributed by atoms with E-state index in [0.717, 1.165) is 0 Å². The normalized spacial score (nSPS) is 30.9. The summed E-state index contributed by atoms with van der Waals surface area (Å²) in [7, 11) is 0. The summed E-state index contributed by atoms with van der Waals surface area (Å²) >= 11 is 0. The molecule has 0 saturated carbocycles. The van der Waals surface area contributed by atoms with Crippen molar-refractivity contribution in [1.82, 2.24) is 19.5 Å². The van der Waals surface area contributed by atoms with Crippen LogP contribution in [-0.4, -0.2) is 72.3 Å².